The van der Waals surface area contributed by atoms with Crippen molar-refractivity contribution >= 4 is 18.1 Å². The van der Waals surface area contributed by atoms with Crippen molar-refractivity contribution in [2.24, 2.45) is 5.73 Å². The summed E-state index contributed by atoms with van der Waals surface area (Å²) in [7, 11) is 1.72. The normalized spacial score (nSPS) is 15.8. The maximum absolute atomic E-state index is 5.53. The van der Waals surface area contributed by atoms with Crippen LogP contribution < -0.4 is 15.4 Å². The fourth-order valence-electron chi connectivity index (χ4n) is 2.52. The van der Waals surface area contributed by atoms with Crippen LogP contribution in [0, 0.1) is 0 Å². The number of hydrogen-bond acceptors (Lipinski definition) is 4. The second-order valence-corrected chi connectivity index (χ2v) is 5.03. The standard InChI is InChI=1S/C15H25N3O.ClH/c1-19-15-6-4-5-14(13-15)18-11-9-17(10-12-18)8-3-2-7-16;/h4-6,13H,2-3,7-12,16H2,1H3;1H. The molecule has 0 saturated carbocycles. The summed E-state index contributed by atoms with van der Waals surface area (Å²) in [5.41, 5.74) is 6.80. The highest BCUT2D eigenvalue weighted by molar-refractivity contribution is 5.85. The quantitative estimate of drug-likeness (QED) is 0.816. The molecule has 0 spiro atoms. The molecule has 0 atom stereocenters. The summed E-state index contributed by atoms with van der Waals surface area (Å²) in [5.74, 6) is 0.933. The molecule has 1 aromatic rings. The van der Waals surface area contributed by atoms with Crippen molar-refractivity contribution in [3.05, 3.63) is 24.3 Å². The minimum Gasteiger partial charge on any atom is -0.497 e. The van der Waals surface area contributed by atoms with Crippen LogP contribution in [0.2, 0.25) is 0 Å². The zero-order chi connectivity index (χ0) is 13.5. The number of nitrogens with two attached hydrogens (primary N) is 1. The molecule has 0 radical (unpaired) electrons. The van der Waals surface area contributed by atoms with E-state index in [4.69, 9.17) is 10.5 Å². The topological polar surface area (TPSA) is 41.7 Å². The van der Waals surface area contributed by atoms with Crippen LogP contribution in [-0.2, 0) is 0 Å². The van der Waals surface area contributed by atoms with E-state index in [1.54, 1.807) is 7.11 Å². The zero-order valence-electron chi connectivity index (χ0n) is 12.3. The lowest BCUT2D eigenvalue weighted by atomic mass is 10.2. The van der Waals surface area contributed by atoms with E-state index in [0.717, 1.165) is 44.9 Å². The number of halogens is 1. The molecule has 2 rings (SSSR count). The summed E-state index contributed by atoms with van der Waals surface area (Å²) >= 11 is 0. The number of anilines is 1. The van der Waals surface area contributed by atoms with Crippen molar-refractivity contribution in [2.45, 2.75) is 12.8 Å². The van der Waals surface area contributed by atoms with Crippen molar-refractivity contribution in [3.63, 3.8) is 0 Å². The lowest BCUT2D eigenvalue weighted by Gasteiger charge is -2.36. The van der Waals surface area contributed by atoms with Crippen molar-refractivity contribution in [2.75, 3.05) is 51.3 Å². The predicted octanol–water partition coefficient (Wildman–Crippen LogP) is 1.98. The van der Waals surface area contributed by atoms with Crippen LogP contribution in [0.1, 0.15) is 12.8 Å². The number of hydrogen-bond donors (Lipinski definition) is 1. The van der Waals surface area contributed by atoms with Crippen LogP contribution in [-0.4, -0.2) is 51.3 Å². The minimum atomic E-state index is 0. The third kappa shape index (κ3) is 4.85. The van der Waals surface area contributed by atoms with Gasteiger partial charge in [-0.25, -0.2) is 0 Å². The van der Waals surface area contributed by atoms with Gasteiger partial charge in [-0.2, -0.15) is 0 Å². The van der Waals surface area contributed by atoms with Crippen molar-refractivity contribution < 1.29 is 4.74 Å². The Labute approximate surface area is 128 Å². The Hall–Kier alpha value is -0.970. The number of rotatable bonds is 6. The van der Waals surface area contributed by atoms with Gasteiger partial charge in [0.05, 0.1) is 7.11 Å². The minimum absolute atomic E-state index is 0. The van der Waals surface area contributed by atoms with Gasteiger partial charge in [0.15, 0.2) is 0 Å². The zero-order valence-corrected chi connectivity index (χ0v) is 13.1. The first-order chi connectivity index (χ1) is 9.33. The number of methoxy groups -OCH3 is 1. The molecule has 4 nitrogen and oxygen atoms in total. The third-order valence-corrected chi connectivity index (χ3v) is 3.72. The molecule has 1 aliphatic rings. The van der Waals surface area contributed by atoms with Crippen LogP contribution in [0.3, 0.4) is 0 Å². The molecular weight excluding hydrogens is 274 g/mol. The molecule has 1 aliphatic heterocycles. The van der Waals surface area contributed by atoms with Gasteiger partial charge in [-0.1, -0.05) is 6.07 Å². The summed E-state index contributed by atoms with van der Waals surface area (Å²) in [6.45, 7) is 6.46. The van der Waals surface area contributed by atoms with Crippen LogP contribution in [0.4, 0.5) is 5.69 Å². The Balaban J connectivity index is 0.00000200. The number of nitrogens with zero attached hydrogens (tertiary/aromatic N) is 2. The molecule has 0 aromatic heterocycles. The van der Waals surface area contributed by atoms with Crippen molar-refractivity contribution in [3.8, 4) is 5.75 Å². The van der Waals surface area contributed by atoms with E-state index in [1.807, 2.05) is 6.07 Å². The van der Waals surface area contributed by atoms with E-state index < -0.39 is 0 Å². The largest absolute Gasteiger partial charge is 0.497 e. The molecule has 20 heavy (non-hydrogen) atoms. The van der Waals surface area contributed by atoms with Gasteiger partial charge in [0.25, 0.3) is 0 Å². The third-order valence-electron chi connectivity index (χ3n) is 3.72. The van der Waals surface area contributed by atoms with Crippen LogP contribution in [0.15, 0.2) is 24.3 Å². The second-order valence-electron chi connectivity index (χ2n) is 5.03. The molecule has 2 N–H and O–H groups in total. The Morgan fingerprint density at radius 2 is 1.90 bits per heavy atom. The molecule has 0 aliphatic carbocycles. The van der Waals surface area contributed by atoms with Crippen LogP contribution >= 0.6 is 12.4 Å². The highest BCUT2D eigenvalue weighted by atomic mass is 35.5. The fraction of sp³-hybridized carbons (Fsp3) is 0.600. The highest BCUT2D eigenvalue weighted by Gasteiger charge is 2.16. The summed E-state index contributed by atoms with van der Waals surface area (Å²) < 4.78 is 5.28. The first kappa shape index (κ1) is 17.1. The van der Waals surface area contributed by atoms with E-state index in [-0.39, 0.29) is 12.4 Å². The van der Waals surface area contributed by atoms with Crippen molar-refractivity contribution in [1.82, 2.24) is 4.90 Å². The number of piperazine rings is 1. The first-order valence-electron chi connectivity index (χ1n) is 7.15. The van der Waals surface area contributed by atoms with E-state index in [2.05, 4.69) is 28.0 Å². The summed E-state index contributed by atoms with van der Waals surface area (Å²) in [6.07, 6.45) is 2.35. The summed E-state index contributed by atoms with van der Waals surface area (Å²) in [6, 6.07) is 8.32. The van der Waals surface area contributed by atoms with Gasteiger partial charge in [0.2, 0.25) is 0 Å². The molecule has 1 saturated heterocycles. The average Bonchev–Trinajstić information content (AvgIpc) is 2.48. The summed E-state index contributed by atoms with van der Waals surface area (Å²) in [4.78, 5) is 4.97. The molecule has 5 heteroatoms. The second kappa shape index (κ2) is 9.06. The maximum atomic E-state index is 5.53. The van der Waals surface area contributed by atoms with Gasteiger partial charge in [0, 0.05) is 37.9 Å². The molecular formula is C15H26ClN3O. The fourth-order valence-corrected chi connectivity index (χ4v) is 2.52. The van der Waals surface area contributed by atoms with Gasteiger partial charge in [-0.15, -0.1) is 12.4 Å². The molecule has 0 bridgehead atoms. The Bertz CT molecular complexity index is 381. The smallest absolute Gasteiger partial charge is 0.120 e. The predicted molar refractivity (Wildman–Crippen MR) is 87.2 cm³/mol. The Morgan fingerprint density at radius 3 is 2.55 bits per heavy atom. The van der Waals surface area contributed by atoms with Crippen LogP contribution in [0.25, 0.3) is 0 Å². The molecule has 1 heterocycles. The van der Waals surface area contributed by atoms with E-state index in [0.29, 0.717) is 0 Å². The maximum Gasteiger partial charge on any atom is 0.120 e. The van der Waals surface area contributed by atoms with Crippen LogP contribution in [0.5, 0.6) is 5.75 Å². The molecule has 0 unspecified atom stereocenters. The van der Waals surface area contributed by atoms with Gasteiger partial charge in [0.1, 0.15) is 5.75 Å². The van der Waals surface area contributed by atoms with Gasteiger partial charge in [-0.3, -0.25) is 4.90 Å². The number of unbranched alkanes of at least 4 members (excludes halogenated alkanes) is 1. The number of ether oxygens (including phenoxy) is 1. The SMILES string of the molecule is COc1cccc(N2CCN(CCCCN)CC2)c1.Cl. The van der Waals surface area contributed by atoms with E-state index in [1.165, 1.54) is 18.7 Å². The van der Waals surface area contributed by atoms with E-state index in [9.17, 15) is 0 Å². The van der Waals surface area contributed by atoms with E-state index >= 15 is 0 Å². The Morgan fingerprint density at radius 1 is 1.15 bits per heavy atom. The monoisotopic (exact) mass is 299 g/mol. The first-order valence-corrected chi connectivity index (χ1v) is 7.15. The van der Waals surface area contributed by atoms with Crippen molar-refractivity contribution in [1.29, 1.82) is 0 Å². The van der Waals surface area contributed by atoms with Gasteiger partial charge in [-0.05, 0) is 38.1 Å². The lowest BCUT2D eigenvalue weighted by Crippen LogP contribution is -2.46. The summed E-state index contributed by atoms with van der Waals surface area (Å²) in [5, 5.41) is 0. The number of benzene rings is 1. The van der Waals surface area contributed by atoms with Gasteiger partial charge < -0.3 is 15.4 Å². The Kier molecular flexibility index (Phi) is 7.73. The molecule has 1 aromatic carbocycles. The average molecular weight is 300 g/mol. The molecule has 1 fully saturated rings. The molecule has 114 valence electrons. The highest BCUT2D eigenvalue weighted by Crippen LogP contribution is 2.22. The lowest BCUT2D eigenvalue weighted by molar-refractivity contribution is 0.253. The molecule has 0 amide bonds. The van der Waals surface area contributed by atoms with Gasteiger partial charge >= 0.3 is 0 Å².